The molecular weight excluding hydrogens is 342 g/mol. The zero-order valence-electron chi connectivity index (χ0n) is 14.1. The van der Waals surface area contributed by atoms with Crippen LogP contribution in [-0.4, -0.2) is 25.6 Å². The number of ether oxygens (including phenoxy) is 2. The molecule has 25 heavy (non-hydrogen) atoms. The van der Waals surface area contributed by atoms with Crippen LogP contribution in [0.4, 0.5) is 0 Å². The lowest BCUT2D eigenvalue weighted by atomic mass is 10.1. The fourth-order valence-corrected chi connectivity index (χ4v) is 2.36. The van der Waals surface area contributed by atoms with E-state index in [0.29, 0.717) is 17.2 Å². The van der Waals surface area contributed by atoms with Crippen molar-refractivity contribution in [2.45, 2.75) is 19.6 Å². The third-order valence-electron chi connectivity index (χ3n) is 3.58. The molecule has 0 spiro atoms. The van der Waals surface area contributed by atoms with Crippen LogP contribution in [0.15, 0.2) is 48.5 Å². The molecule has 1 N–H and O–H groups in total. The number of carbonyl (C=O) groups is 2. The number of methoxy groups -OCH3 is 1. The van der Waals surface area contributed by atoms with E-state index in [1.807, 2.05) is 19.1 Å². The van der Waals surface area contributed by atoms with E-state index in [0.717, 1.165) is 11.1 Å². The van der Waals surface area contributed by atoms with Crippen molar-refractivity contribution in [1.82, 2.24) is 5.32 Å². The van der Waals surface area contributed by atoms with Crippen molar-refractivity contribution in [3.8, 4) is 0 Å². The molecule has 5 nitrogen and oxygen atoms in total. The molecule has 1 atom stereocenters. The fraction of sp³-hybridized carbons (Fsp3) is 0.263. The molecule has 0 saturated heterocycles. The lowest BCUT2D eigenvalue weighted by Crippen LogP contribution is -2.31. The Morgan fingerprint density at radius 2 is 1.72 bits per heavy atom. The first-order valence-corrected chi connectivity index (χ1v) is 8.17. The van der Waals surface area contributed by atoms with Gasteiger partial charge in [0.25, 0.3) is 5.91 Å². The van der Waals surface area contributed by atoms with Gasteiger partial charge in [-0.25, -0.2) is 4.79 Å². The third-order valence-corrected chi connectivity index (χ3v) is 3.83. The van der Waals surface area contributed by atoms with Crippen LogP contribution in [0.1, 0.15) is 34.5 Å². The van der Waals surface area contributed by atoms with Gasteiger partial charge in [-0.2, -0.15) is 0 Å². The summed E-state index contributed by atoms with van der Waals surface area (Å²) in [6.07, 6.45) is 0. The Hall–Kier alpha value is -2.37. The standard InChI is InChI=1S/C19H20ClNO4/c1-13(15-7-9-17(20)10-8-15)21-18(22)12-25-19(23)16-5-3-14(4-6-16)11-24-2/h3-10,13H,11-12H2,1-2H3,(H,21,22)/t13-/m1/s1. The molecule has 0 fully saturated rings. The first kappa shape index (κ1) is 19.0. The largest absolute Gasteiger partial charge is 0.452 e. The number of hydrogen-bond acceptors (Lipinski definition) is 4. The molecule has 0 radical (unpaired) electrons. The molecule has 0 aromatic heterocycles. The van der Waals surface area contributed by atoms with Gasteiger partial charge in [0.2, 0.25) is 0 Å². The van der Waals surface area contributed by atoms with E-state index in [1.165, 1.54) is 0 Å². The summed E-state index contributed by atoms with van der Waals surface area (Å²) in [7, 11) is 1.60. The van der Waals surface area contributed by atoms with Crippen LogP contribution in [0, 0.1) is 0 Å². The van der Waals surface area contributed by atoms with Gasteiger partial charge in [-0.15, -0.1) is 0 Å². The number of halogens is 1. The van der Waals surface area contributed by atoms with Crippen molar-refractivity contribution in [3.05, 3.63) is 70.2 Å². The molecule has 0 aliphatic rings. The van der Waals surface area contributed by atoms with E-state index >= 15 is 0 Å². The smallest absolute Gasteiger partial charge is 0.338 e. The van der Waals surface area contributed by atoms with E-state index < -0.39 is 5.97 Å². The number of hydrogen-bond donors (Lipinski definition) is 1. The molecule has 132 valence electrons. The highest BCUT2D eigenvalue weighted by Gasteiger charge is 2.13. The van der Waals surface area contributed by atoms with Crippen LogP contribution in [0.25, 0.3) is 0 Å². The second-order valence-electron chi connectivity index (χ2n) is 5.55. The summed E-state index contributed by atoms with van der Waals surface area (Å²) in [5.41, 5.74) is 2.25. The Bertz CT molecular complexity index is 713. The maximum absolute atomic E-state index is 12.0. The Morgan fingerprint density at radius 3 is 2.32 bits per heavy atom. The molecule has 0 heterocycles. The van der Waals surface area contributed by atoms with Gasteiger partial charge < -0.3 is 14.8 Å². The molecule has 0 bridgehead atoms. The summed E-state index contributed by atoms with van der Waals surface area (Å²) >= 11 is 5.84. The first-order chi connectivity index (χ1) is 12.0. The van der Waals surface area contributed by atoms with Crippen LogP contribution in [-0.2, 0) is 20.9 Å². The fourth-order valence-electron chi connectivity index (χ4n) is 2.24. The quantitative estimate of drug-likeness (QED) is 0.766. The number of benzene rings is 2. The van der Waals surface area contributed by atoms with Crippen molar-refractivity contribution in [3.63, 3.8) is 0 Å². The van der Waals surface area contributed by atoms with Gasteiger partial charge in [0.05, 0.1) is 18.2 Å². The first-order valence-electron chi connectivity index (χ1n) is 7.79. The van der Waals surface area contributed by atoms with Crippen molar-refractivity contribution in [2.24, 2.45) is 0 Å². The molecular formula is C19H20ClNO4. The average Bonchev–Trinajstić information content (AvgIpc) is 2.61. The molecule has 2 aromatic rings. The topological polar surface area (TPSA) is 64.6 Å². The highest BCUT2D eigenvalue weighted by atomic mass is 35.5. The molecule has 6 heteroatoms. The summed E-state index contributed by atoms with van der Waals surface area (Å²) in [5, 5.41) is 3.40. The molecule has 0 saturated carbocycles. The Kier molecular flexibility index (Phi) is 6.98. The minimum Gasteiger partial charge on any atom is -0.452 e. The SMILES string of the molecule is COCc1ccc(C(=O)OCC(=O)N[C@H](C)c2ccc(Cl)cc2)cc1. The van der Waals surface area contributed by atoms with Gasteiger partial charge in [-0.3, -0.25) is 4.79 Å². The van der Waals surface area contributed by atoms with Crippen LogP contribution < -0.4 is 5.32 Å². The predicted octanol–water partition coefficient (Wildman–Crippen LogP) is 3.52. The monoisotopic (exact) mass is 361 g/mol. The van der Waals surface area contributed by atoms with Gasteiger partial charge in [-0.1, -0.05) is 35.9 Å². The van der Waals surface area contributed by atoms with Gasteiger partial charge in [-0.05, 0) is 42.3 Å². The summed E-state index contributed by atoms with van der Waals surface area (Å²) in [6, 6.07) is 13.8. The summed E-state index contributed by atoms with van der Waals surface area (Å²) in [4.78, 5) is 23.9. The van der Waals surface area contributed by atoms with Crippen LogP contribution in [0.5, 0.6) is 0 Å². The van der Waals surface area contributed by atoms with Gasteiger partial charge >= 0.3 is 5.97 Å². The maximum Gasteiger partial charge on any atom is 0.338 e. The van der Waals surface area contributed by atoms with Crippen molar-refractivity contribution in [2.75, 3.05) is 13.7 Å². The van der Waals surface area contributed by atoms with E-state index in [2.05, 4.69) is 5.32 Å². The molecule has 0 unspecified atom stereocenters. The normalized spacial score (nSPS) is 11.6. The van der Waals surface area contributed by atoms with Crippen molar-refractivity contribution in [1.29, 1.82) is 0 Å². The molecule has 2 aromatic carbocycles. The highest BCUT2D eigenvalue weighted by Crippen LogP contribution is 2.16. The zero-order valence-corrected chi connectivity index (χ0v) is 14.9. The predicted molar refractivity (Wildman–Crippen MR) is 95.4 cm³/mol. The van der Waals surface area contributed by atoms with E-state index in [1.54, 1.807) is 43.5 Å². The Morgan fingerprint density at radius 1 is 1.08 bits per heavy atom. The van der Waals surface area contributed by atoms with E-state index in [-0.39, 0.29) is 18.6 Å². The lowest BCUT2D eigenvalue weighted by Gasteiger charge is -2.14. The average molecular weight is 362 g/mol. The number of nitrogens with one attached hydrogen (secondary N) is 1. The summed E-state index contributed by atoms with van der Waals surface area (Å²) in [5.74, 6) is -0.912. The number of esters is 1. The minimum atomic E-state index is -0.543. The van der Waals surface area contributed by atoms with Gasteiger partial charge in [0.1, 0.15) is 0 Å². The number of amides is 1. The summed E-state index contributed by atoms with van der Waals surface area (Å²) < 4.78 is 10.1. The minimum absolute atomic E-state index is 0.211. The zero-order chi connectivity index (χ0) is 18.2. The van der Waals surface area contributed by atoms with Crippen LogP contribution >= 0.6 is 11.6 Å². The molecule has 2 rings (SSSR count). The third kappa shape index (κ3) is 5.89. The Balaban J connectivity index is 1.82. The van der Waals surface area contributed by atoms with Crippen molar-refractivity contribution < 1.29 is 19.1 Å². The van der Waals surface area contributed by atoms with E-state index in [4.69, 9.17) is 21.1 Å². The van der Waals surface area contributed by atoms with Crippen LogP contribution in [0.3, 0.4) is 0 Å². The second kappa shape index (κ2) is 9.20. The summed E-state index contributed by atoms with van der Waals surface area (Å²) in [6.45, 7) is 1.98. The molecule has 1 amide bonds. The van der Waals surface area contributed by atoms with Gasteiger partial charge in [0.15, 0.2) is 6.61 Å². The lowest BCUT2D eigenvalue weighted by molar-refractivity contribution is -0.124. The Labute approximate surface area is 151 Å². The number of carbonyl (C=O) groups excluding carboxylic acids is 2. The van der Waals surface area contributed by atoms with Gasteiger partial charge in [0, 0.05) is 12.1 Å². The van der Waals surface area contributed by atoms with E-state index in [9.17, 15) is 9.59 Å². The maximum atomic E-state index is 12.0. The number of rotatable bonds is 7. The molecule has 0 aliphatic carbocycles. The van der Waals surface area contributed by atoms with Crippen molar-refractivity contribution >= 4 is 23.5 Å². The highest BCUT2D eigenvalue weighted by molar-refractivity contribution is 6.30. The second-order valence-corrected chi connectivity index (χ2v) is 5.98. The van der Waals surface area contributed by atoms with Crippen LogP contribution in [0.2, 0.25) is 5.02 Å². The molecule has 0 aliphatic heterocycles.